The van der Waals surface area contributed by atoms with Crippen LogP contribution in [0.15, 0.2) is 120 Å². The van der Waals surface area contributed by atoms with E-state index < -0.39 is 0 Å². The van der Waals surface area contributed by atoms with Crippen LogP contribution in [0.25, 0.3) is 11.1 Å². The number of allylic oxidation sites excluding steroid dienone is 2. The maximum Gasteiger partial charge on any atom is 2.00 e. The number of nitrogens with zero attached hydrogens (tertiary/aromatic N) is 2. The molecule has 3 heteroatoms. The SMILES string of the molecule is CCCCCCCCc1ccc(C(=C(CCCCC)C(=C=[N+]=[N-])CCCC)c2cccc(CCCCC)c2)cc1.[CH2-]c1ccccc1.[CH2-]c1ccccc1.[Ni+2]. The zero-order valence-corrected chi connectivity index (χ0v) is 35.7. The summed E-state index contributed by atoms with van der Waals surface area (Å²) in [5, 5.41) is 0. The first-order valence-corrected chi connectivity index (χ1v) is 21.1. The quantitative estimate of drug-likeness (QED) is 0.0154. The van der Waals surface area contributed by atoms with Gasteiger partial charge in [-0.15, -0.1) is 29.1 Å². The Morgan fingerprint density at radius 2 is 1.02 bits per heavy atom. The van der Waals surface area contributed by atoms with Crippen molar-refractivity contribution in [1.29, 1.82) is 0 Å². The molecule has 2 nitrogen and oxygen atoms in total. The molecule has 4 rings (SSSR count). The third-order valence-electron chi connectivity index (χ3n) is 9.69. The van der Waals surface area contributed by atoms with Crippen molar-refractivity contribution >= 4 is 11.4 Å². The summed E-state index contributed by atoms with van der Waals surface area (Å²) in [7, 11) is 0. The molecule has 298 valence electrons. The van der Waals surface area contributed by atoms with Crippen molar-refractivity contribution in [2.24, 2.45) is 0 Å². The second-order valence-corrected chi connectivity index (χ2v) is 14.4. The molecule has 0 N–H and O–H groups in total. The van der Waals surface area contributed by atoms with E-state index in [1.807, 2.05) is 60.7 Å². The zero-order valence-electron chi connectivity index (χ0n) is 34.7. The third-order valence-corrected chi connectivity index (χ3v) is 9.69. The summed E-state index contributed by atoms with van der Waals surface area (Å²) in [4.78, 5) is 3.43. The van der Waals surface area contributed by atoms with Crippen LogP contribution < -0.4 is 0 Å². The van der Waals surface area contributed by atoms with Gasteiger partial charge in [-0.3, -0.25) is 0 Å². The first kappa shape index (κ1) is 49.0. The minimum atomic E-state index is 0. The Kier molecular flexibility index (Phi) is 28.8. The van der Waals surface area contributed by atoms with Gasteiger partial charge >= 0.3 is 22.4 Å². The van der Waals surface area contributed by atoms with Gasteiger partial charge in [0.1, 0.15) is 0 Å². The van der Waals surface area contributed by atoms with Crippen LogP contribution in [0.5, 0.6) is 0 Å². The molecule has 0 atom stereocenters. The summed E-state index contributed by atoms with van der Waals surface area (Å²) in [5.74, 6) is 3.02. The average molecular weight is 782 g/mol. The van der Waals surface area contributed by atoms with Crippen molar-refractivity contribution in [2.45, 2.75) is 143 Å². The Hall–Kier alpha value is -3.99. The summed E-state index contributed by atoms with van der Waals surface area (Å²) >= 11 is 0. The van der Waals surface area contributed by atoms with E-state index in [1.165, 1.54) is 104 Å². The topological polar surface area (TPSA) is 36.4 Å². The predicted molar refractivity (Wildman–Crippen MR) is 237 cm³/mol. The molecule has 0 bridgehead atoms. The van der Waals surface area contributed by atoms with E-state index in [-0.39, 0.29) is 16.5 Å². The van der Waals surface area contributed by atoms with Crippen molar-refractivity contribution in [1.82, 2.24) is 0 Å². The molecule has 0 aliphatic rings. The minimum Gasteiger partial charge on any atom is -0.348 e. The molecule has 0 heterocycles. The van der Waals surface area contributed by atoms with Crippen LogP contribution in [0.2, 0.25) is 0 Å². The van der Waals surface area contributed by atoms with Crippen LogP contribution in [0.1, 0.15) is 164 Å². The fourth-order valence-corrected chi connectivity index (χ4v) is 6.55. The minimum absolute atomic E-state index is 0. The maximum atomic E-state index is 9.60. The van der Waals surface area contributed by atoms with E-state index in [0.717, 1.165) is 61.6 Å². The van der Waals surface area contributed by atoms with E-state index in [4.69, 9.17) is 0 Å². The van der Waals surface area contributed by atoms with Crippen LogP contribution in [-0.4, -0.2) is 10.7 Å². The molecular weight excluding hydrogens is 711 g/mol. The molecule has 4 aromatic carbocycles. The van der Waals surface area contributed by atoms with Crippen molar-refractivity contribution < 1.29 is 21.3 Å². The van der Waals surface area contributed by atoms with Gasteiger partial charge < -0.3 is 5.53 Å². The van der Waals surface area contributed by atoms with Gasteiger partial charge in [-0.25, -0.2) is 0 Å². The van der Waals surface area contributed by atoms with Crippen LogP contribution in [0, 0.1) is 13.8 Å². The Labute approximate surface area is 347 Å². The Balaban J connectivity index is 0.000000832. The molecule has 0 radical (unpaired) electrons. The van der Waals surface area contributed by atoms with E-state index in [1.54, 1.807) is 0 Å². The average Bonchev–Trinajstić information content (AvgIpc) is 3.19. The standard InChI is InChI=1S/C38H56N2.2C7H7.Ni/c1-5-9-13-14-15-18-20-32-26-28-34(29-27-32)38(35-24-19-22-33(30-35)21-16-10-6-2)37(25-17-11-7-3)36(31-40-39)23-12-8-4;2*1-7-5-3-2-4-6-7;/h19,22,24,26-30H,5-18,20-21,23,25H2,1-4H3;2*2-6H,1H2;/q;2*-1;+2. The van der Waals surface area contributed by atoms with Crippen molar-refractivity contribution in [2.75, 3.05) is 0 Å². The van der Waals surface area contributed by atoms with Gasteiger partial charge in [-0.05, 0) is 84.8 Å². The van der Waals surface area contributed by atoms with Crippen LogP contribution >= 0.6 is 0 Å². The molecule has 55 heavy (non-hydrogen) atoms. The maximum absolute atomic E-state index is 9.60. The molecular formula is C52H70N2Ni. The first-order valence-electron chi connectivity index (χ1n) is 21.1. The van der Waals surface area contributed by atoms with Gasteiger partial charge in [0.2, 0.25) is 0 Å². The monoisotopic (exact) mass is 780 g/mol. The second kappa shape index (κ2) is 32.3. The van der Waals surface area contributed by atoms with Crippen LogP contribution in [-0.2, 0) is 29.3 Å². The Morgan fingerprint density at radius 3 is 1.56 bits per heavy atom. The molecule has 0 fully saturated rings. The number of benzene rings is 4. The third kappa shape index (κ3) is 21.6. The molecule has 0 saturated heterocycles. The summed E-state index contributed by atoms with van der Waals surface area (Å²) in [5.41, 5.74) is 20.8. The van der Waals surface area contributed by atoms with Gasteiger partial charge in [-0.2, -0.15) is 49.2 Å². The Morgan fingerprint density at radius 1 is 0.509 bits per heavy atom. The van der Waals surface area contributed by atoms with Crippen molar-refractivity contribution in [3.8, 4) is 0 Å². The van der Waals surface area contributed by atoms with Gasteiger partial charge in [0.15, 0.2) is 0 Å². The summed E-state index contributed by atoms with van der Waals surface area (Å²) in [6.07, 6.45) is 21.5. The molecule has 0 aliphatic carbocycles. The predicted octanol–water partition coefficient (Wildman–Crippen LogP) is 15.5. The zero-order chi connectivity index (χ0) is 39.1. The van der Waals surface area contributed by atoms with Crippen molar-refractivity contribution in [3.05, 3.63) is 173 Å². The molecule has 0 aromatic heterocycles. The molecule has 0 unspecified atom stereocenters. The summed E-state index contributed by atoms with van der Waals surface area (Å²) in [6.45, 7) is 16.5. The van der Waals surface area contributed by atoms with E-state index in [9.17, 15) is 5.53 Å². The molecule has 4 aromatic rings. The molecule has 0 aliphatic heterocycles. The summed E-state index contributed by atoms with van der Waals surface area (Å²) in [6, 6.07) is 38.3. The number of rotatable bonds is 21. The van der Waals surface area contributed by atoms with Crippen LogP contribution in [0.4, 0.5) is 0 Å². The molecule has 0 spiro atoms. The Bertz CT molecular complexity index is 1610. The van der Waals surface area contributed by atoms with Crippen LogP contribution in [0.3, 0.4) is 0 Å². The smallest absolute Gasteiger partial charge is 0.348 e. The van der Waals surface area contributed by atoms with Gasteiger partial charge in [0.05, 0.1) is 5.57 Å². The van der Waals surface area contributed by atoms with E-state index >= 15 is 0 Å². The largest absolute Gasteiger partial charge is 2.00 e. The van der Waals surface area contributed by atoms with E-state index in [0.29, 0.717) is 0 Å². The van der Waals surface area contributed by atoms with E-state index in [2.05, 4.69) is 101 Å². The van der Waals surface area contributed by atoms with Gasteiger partial charge in [0.25, 0.3) is 0 Å². The first-order chi connectivity index (χ1) is 26.5. The molecule has 0 saturated carbocycles. The number of hydrogen-bond acceptors (Lipinski definition) is 0. The fraction of sp³-hybridized carbons (Fsp3) is 0.423. The summed E-state index contributed by atoms with van der Waals surface area (Å²) < 4.78 is 0. The normalized spacial score (nSPS) is 10.6. The second-order valence-electron chi connectivity index (χ2n) is 14.4. The number of hydrogen-bond donors (Lipinski definition) is 0. The van der Waals surface area contributed by atoms with Gasteiger partial charge in [0, 0.05) is 0 Å². The van der Waals surface area contributed by atoms with Crippen molar-refractivity contribution in [3.63, 3.8) is 0 Å². The number of unbranched alkanes of at least 4 members (excludes halogenated alkanes) is 10. The molecule has 0 amide bonds. The van der Waals surface area contributed by atoms with Gasteiger partial charge in [-0.1, -0.05) is 153 Å². The number of aryl methyl sites for hydroxylation is 2. The fourth-order valence-electron chi connectivity index (χ4n) is 6.55.